The van der Waals surface area contributed by atoms with Gasteiger partial charge in [-0.15, -0.1) is 12.3 Å². The number of nitrogens with one attached hydrogen (secondary N) is 1. The summed E-state index contributed by atoms with van der Waals surface area (Å²) >= 11 is 3.35. The molecule has 0 radical (unpaired) electrons. The predicted molar refractivity (Wildman–Crippen MR) is 64.7 cm³/mol. The molecular formula is C12H12BrNO. The Morgan fingerprint density at radius 3 is 2.87 bits per heavy atom. The largest absolute Gasteiger partial charge is 0.351 e. The van der Waals surface area contributed by atoms with Crippen molar-refractivity contribution in [3.8, 4) is 12.3 Å². The second-order valence-electron chi connectivity index (χ2n) is 3.23. The van der Waals surface area contributed by atoms with E-state index >= 15 is 0 Å². The quantitative estimate of drug-likeness (QED) is 0.661. The van der Waals surface area contributed by atoms with Crippen LogP contribution in [0.3, 0.4) is 0 Å². The molecule has 0 saturated heterocycles. The number of hydrogen-bond acceptors (Lipinski definition) is 1. The number of carbonyl (C=O) groups excluding carboxylic acids is 1. The van der Waals surface area contributed by atoms with Crippen molar-refractivity contribution in [1.29, 1.82) is 0 Å². The monoisotopic (exact) mass is 265 g/mol. The van der Waals surface area contributed by atoms with Crippen molar-refractivity contribution in [2.24, 2.45) is 0 Å². The van der Waals surface area contributed by atoms with Crippen LogP contribution in [0.1, 0.15) is 22.3 Å². The minimum absolute atomic E-state index is 0.0883. The van der Waals surface area contributed by atoms with Gasteiger partial charge in [0.2, 0.25) is 0 Å². The van der Waals surface area contributed by atoms with Crippen molar-refractivity contribution in [2.45, 2.75) is 13.3 Å². The molecule has 1 aromatic carbocycles. The first kappa shape index (κ1) is 11.8. The van der Waals surface area contributed by atoms with Gasteiger partial charge < -0.3 is 5.32 Å². The van der Waals surface area contributed by atoms with Gasteiger partial charge in [-0.05, 0) is 30.7 Å². The smallest absolute Gasteiger partial charge is 0.251 e. The van der Waals surface area contributed by atoms with E-state index in [1.54, 1.807) is 6.07 Å². The first-order valence-electron chi connectivity index (χ1n) is 4.62. The predicted octanol–water partition coefficient (Wildman–Crippen LogP) is 2.51. The fourth-order valence-electron chi connectivity index (χ4n) is 1.22. The van der Waals surface area contributed by atoms with Crippen LogP contribution < -0.4 is 5.32 Å². The molecule has 1 aromatic rings. The van der Waals surface area contributed by atoms with E-state index in [4.69, 9.17) is 6.42 Å². The number of aryl methyl sites for hydroxylation is 1. The topological polar surface area (TPSA) is 29.1 Å². The maximum atomic E-state index is 11.6. The molecule has 0 aliphatic heterocycles. The maximum Gasteiger partial charge on any atom is 0.251 e. The third kappa shape index (κ3) is 3.77. The fourth-order valence-corrected chi connectivity index (χ4v) is 1.83. The molecular weight excluding hydrogens is 254 g/mol. The summed E-state index contributed by atoms with van der Waals surface area (Å²) in [6.07, 6.45) is 5.65. The van der Waals surface area contributed by atoms with Crippen molar-refractivity contribution < 1.29 is 4.79 Å². The standard InChI is InChI=1S/C12H12BrNO/c1-3-4-5-14-12(15)10-6-9(2)7-11(13)8-10/h1,6-8H,4-5H2,2H3,(H,14,15). The zero-order chi connectivity index (χ0) is 11.3. The Labute approximate surface area is 98.2 Å². The maximum absolute atomic E-state index is 11.6. The van der Waals surface area contributed by atoms with Crippen LogP contribution in [0, 0.1) is 19.3 Å². The fraction of sp³-hybridized carbons (Fsp3) is 0.250. The molecule has 3 heteroatoms. The lowest BCUT2D eigenvalue weighted by molar-refractivity contribution is 0.0954. The van der Waals surface area contributed by atoms with Gasteiger partial charge in [0, 0.05) is 23.0 Å². The molecule has 1 rings (SSSR count). The number of halogens is 1. The first-order valence-corrected chi connectivity index (χ1v) is 5.41. The highest BCUT2D eigenvalue weighted by Gasteiger charge is 2.05. The number of rotatable bonds is 3. The van der Waals surface area contributed by atoms with Gasteiger partial charge in [-0.1, -0.05) is 15.9 Å². The average Bonchev–Trinajstić information content (AvgIpc) is 2.16. The number of hydrogen-bond donors (Lipinski definition) is 1. The molecule has 0 fully saturated rings. The summed E-state index contributed by atoms with van der Waals surface area (Å²) in [5.74, 6) is 2.39. The van der Waals surface area contributed by atoms with Gasteiger partial charge in [0.15, 0.2) is 0 Å². The van der Waals surface area contributed by atoms with Gasteiger partial charge in [0.05, 0.1) is 0 Å². The van der Waals surface area contributed by atoms with Crippen LogP contribution in [0.25, 0.3) is 0 Å². The van der Waals surface area contributed by atoms with Crippen molar-refractivity contribution >= 4 is 21.8 Å². The lowest BCUT2D eigenvalue weighted by atomic mass is 10.1. The zero-order valence-electron chi connectivity index (χ0n) is 8.51. The van der Waals surface area contributed by atoms with Crippen molar-refractivity contribution in [3.05, 3.63) is 33.8 Å². The Kier molecular flexibility index (Phi) is 4.38. The summed E-state index contributed by atoms with van der Waals surface area (Å²) in [4.78, 5) is 11.6. The summed E-state index contributed by atoms with van der Waals surface area (Å²) in [5, 5.41) is 2.75. The molecule has 0 bridgehead atoms. The molecule has 0 aromatic heterocycles. The normalized spacial score (nSPS) is 9.40. The number of carbonyl (C=O) groups is 1. The van der Waals surface area contributed by atoms with E-state index < -0.39 is 0 Å². The second-order valence-corrected chi connectivity index (χ2v) is 4.14. The van der Waals surface area contributed by atoms with Crippen LogP contribution in [-0.4, -0.2) is 12.5 Å². The molecule has 0 unspecified atom stereocenters. The molecule has 0 saturated carbocycles. The van der Waals surface area contributed by atoms with E-state index in [1.165, 1.54) is 0 Å². The minimum Gasteiger partial charge on any atom is -0.351 e. The molecule has 0 spiro atoms. The van der Waals surface area contributed by atoms with Gasteiger partial charge in [0.25, 0.3) is 5.91 Å². The van der Waals surface area contributed by atoms with Crippen molar-refractivity contribution in [3.63, 3.8) is 0 Å². The average molecular weight is 266 g/mol. The second kappa shape index (κ2) is 5.57. The minimum atomic E-state index is -0.0883. The van der Waals surface area contributed by atoms with Gasteiger partial charge in [-0.2, -0.15) is 0 Å². The first-order chi connectivity index (χ1) is 7.13. The lowest BCUT2D eigenvalue weighted by Gasteiger charge is -2.04. The highest BCUT2D eigenvalue weighted by Crippen LogP contribution is 2.15. The van der Waals surface area contributed by atoms with Crippen LogP contribution in [0.5, 0.6) is 0 Å². The van der Waals surface area contributed by atoms with Gasteiger partial charge >= 0.3 is 0 Å². The van der Waals surface area contributed by atoms with Gasteiger partial charge in [-0.3, -0.25) is 4.79 Å². The molecule has 2 nitrogen and oxygen atoms in total. The van der Waals surface area contributed by atoms with Crippen LogP contribution in [0.4, 0.5) is 0 Å². The molecule has 0 aliphatic carbocycles. The molecule has 0 heterocycles. The highest BCUT2D eigenvalue weighted by molar-refractivity contribution is 9.10. The SMILES string of the molecule is C#CCCNC(=O)c1cc(C)cc(Br)c1. The zero-order valence-corrected chi connectivity index (χ0v) is 10.1. The number of benzene rings is 1. The third-order valence-electron chi connectivity index (χ3n) is 1.86. The van der Waals surface area contributed by atoms with E-state index in [1.807, 2.05) is 19.1 Å². The van der Waals surface area contributed by atoms with Crippen LogP contribution in [0.15, 0.2) is 22.7 Å². The van der Waals surface area contributed by atoms with E-state index in [0.29, 0.717) is 18.5 Å². The van der Waals surface area contributed by atoms with Gasteiger partial charge in [-0.25, -0.2) is 0 Å². The van der Waals surface area contributed by atoms with Crippen LogP contribution in [-0.2, 0) is 0 Å². The summed E-state index contributed by atoms with van der Waals surface area (Å²) in [5.41, 5.74) is 1.70. The molecule has 78 valence electrons. The Bertz CT molecular complexity index is 386. The van der Waals surface area contributed by atoms with Crippen LogP contribution in [0.2, 0.25) is 0 Å². The Morgan fingerprint density at radius 2 is 2.27 bits per heavy atom. The van der Waals surface area contributed by atoms with E-state index in [2.05, 4.69) is 27.2 Å². The molecule has 15 heavy (non-hydrogen) atoms. The summed E-state index contributed by atoms with van der Waals surface area (Å²) in [6.45, 7) is 2.46. The number of terminal acetylenes is 1. The third-order valence-corrected chi connectivity index (χ3v) is 2.32. The lowest BCUT2D eigenvalue weighted by Crippen LogP contribution is -2.24. The van der Waals surface area contributed by atoms with Gasteiger partial charge in [0.1, 0.15) is 0 Å². The summed E-state index contributed by atoms with van der Waals surface area (Å²) in [7, 11) is 0. The van der Waals surface area contributed by atoms with E-state index in [0.717, 1.165) is 10.0 Å². The Morgan fingerprint density at radius 1 is 1.53 bits per heavy atom. The van der Waals surface area contributed by atoms with E-state index in [9.17, 15) is 4.79 Å². The van der Waals surface area contributed by atoms with E-state index in [-0.39, 0.29) is 5.91 Å². The van der Waals surface area contributed by atoms with Crippen molar-refractivity contribution in [2.75, 3.05) is 6.54 Å². The summed E-state index contributed by atoms with van der Waals surface area (Å²) in [6, 6.07) is 5.59. The number of amides is 1. The molecule has 1 N–H and O–H groups in total. The molecule has 0 atom stereocenters. The van der Waals surface area contributed by atoms with Crippen LogP contribution >= 0.6 is 15.9 Å². The van der Waals surface area contributed by atoms with Crippen molar-refractivity contribution in [1.82, 2.24) is 5.32 Å². The summed E-state index contributed by atoms with van der Waals surface area (Å²) < 4.78 is 0.907. The Hall–Kier alpha value is -1.27. The molecule has 0 aliphatic rings. The highest BCUT2D eigenvalue weighted by atomic mass is 79.9. The molecule has 1 amide bonds. The Balaban J connectivity index is 2.70.